The number of halogens is 2. The van der Waals surface area contributed by atoms with Crippen LogP contribution in [-0.2, 0) is 4.79 Å². The van der Waals surface area contributed by atoms with E-state index in [2.05, 4.69) is 9.88 Å². The number of nitrogens with zero attached hydrogens (tertiary/aromatic N) is 4. The van der Waals surface area contributed by atoms with Gasteiger partial charge in [0.1, 0.15) is 5.82 Å². The highest BCUT2D eigenvalue weighted by Crippen LogP contribution is 2.32. The Labute approximate surface area is 168 Å². The van der Waals surface area contributed by atoms with E-state index in [1.807, 2.05) is 36.1 Å². The molecule has 1 aliphatic heterocycles. The van der Waals surface area contributed by atoms with Crippen LogP contribution in [-0.4, -0.2) is 46.0 Å². The van der Waals surface area contributed by atoms with E-state index in [1.165, 1.54) is 0 Å². The fraction of sp³-hybridized carbons (Fsp3) is 0.364. The number of likely N-dealkylation sites (N-methyl/N-ethyl adjacent to an activating group) is 1. The van der Waals surface area contributed by atoms with E-state index < -0.39 is 6.55 Å². The predicted octanol–water partition coefficient (Wildman–Crippen LogP) is 4.55. The average molecular weight is 398 g/mol. The molecule has 7 heteroatoms. The quantitative estimate of drug-likeness (QED) is 0.633. The van der Waals surface area contributed by atoms with E-state index >= 15 is 0 Å². The molecule has 0 saturated carbocycles. The number of alkyl halides is 2. The number of amides is 1. The molecule has 1 atom stereocenters. The topological polar surface area (TPSA) is 41.4 Å². The van der Waals surface area contributed by atoms with Gasteiger partial charge in [0.2, 0.25) is 5.91 Å². The van der Waals surface area contributed by atoms with E-state index in [9.17, 15) is 13.6 Å². The molecule has 1 aromatic heterocycles. The molecule has 1 aliphatic rings. The number of para-hydroxylation sites is 2. The summed E-state index contributed by atoms with van der Waals surface area (Å²) >= 11 is 0. The Hall–Kier alpha value is -2.96. The summed E-state index contributed by atoms with van der Waals surface area (Å²) in [5.41, 5.74) is 2.58. The lowest BCUT2D eigenvalue weighted by molar-refractivity contribution is -0.130. The van der Waals surface area contributed by atoms with Gasteiger partial charge in [-0.05, 0) is 37.6 Å². The number of hydrogen-bond donors (Lipinski definition) is 0. The van der Waals surface area contributed by atoms with Crippen LogP contribution in [0.4, 0.5) is 14.5 Å². The summed E-state index contributed by atoms with van der Waals surface area (Å²) in [6.07, 6.45) is 0.896. The van der Waals surface area contributed by atoms with Gasteiger partial charge in [0, 0.05) is 37.8 Å². The van der Waals surface area contributed by atoms with Crippen LogP contribution in [0.25, 0.3) is 22.4 Å². The van der Waals surface area contributed by atoms with E-state index in [0.717, 1.165) is 29.8 Å². The number of carbonyl (C=O) groups excluding carboxylic acids is 1. The fourth-order valence-corrected chi connectivity index (χ4v) is 4.26. The van der Waals surface area contributed by atoms with Gasteiger partial charge in [-0.3, -0.25) is 9.36 Å². The monoisotopic (exact) mass is 398 g/mol. The SMILES string of the molecule is CCN(C(C)=O)C1CCN(c2cccc(-c3nc4ccccc4n3C(F)F)c2)C1. The van der Waals surface area contributed by atoms with Crippen molar-refractivity contribution in [3.05, 3.63) is 48.5 Å². The van der Waals surface area contributed by atoms with Crippen molar-refractivity contribution in [1.29, 1.82) is 0 Å². The van der Waals surface area contributed by atoms with Gasteiger partial charge in [-0.1, -0.05) is 24.3 Å². The zero-order valence-electron chi connectivity index (χ0n) is 16.6. The number of benzene rings is 2. The number of hydrogen-bond acceptors (Lipinski definition) is 3. The first-order valence-electron chi connectivity index (χ1n) is 9.87. The second-order valence-electron chi connectivity index (χ2n) is 7.32. The second kappa shape index (κ2) is 7.81. The number of carbonyl (C=O) groups is 1. The molecule has 1 fully saturated rings. The molecule has 1 saturated heterocycles. The Bertz CT molecular complexity index is 1030. The molecular formula is C22H24F2N4O. The second-order valence-corrected chi connectivity index (χ2v) is 7.32. The highest BCUT2D eigenvalue weighted by molar-refractivity contribution is 5.81. The molecule has 0 radical (unpaired) electrons. The van der Waals surface area contributed by atoms with Crippen LogP contribution in [0.3, 0.4) is 0 Å². The lowest BCUT2D eigenvalue weighted by Gasteiger charge is -2.27. The van der Waals surface area contributed by atoms with Gasteiger partial charge in [-0.15, -0.1) is 0 Å². The predicted molar refractivity (Wildman–Crippen MR) is 110 cm³/mol. The third kappa shape index (κ3) is 3.57. The van der Waals surface area contributed by atoms with Crippen LogP contribution in [0.5, 0.6) is 0 Å². The third-order valence-electron chi connectivity index (χ3n) is 5.61. The largest absolute Gasteiger partial charge is 0.369 e. The molecule has 29 heavy (non-hydrogen) atoms. The first-order valence-corrected chi connectivity index (χ1v) is 9.87. The number of fused-ring (bicyclic) bond motifs is 1. The van der Waals surface area contributed by atoms with E-state index in [-0.39, 0.29) is 17.8 Å². The van der Waals surface area contributed by atoms with Crippen LogP contribution in [0, 0.1) is 0 Å². The lowest BCUT2D eigenvalue weighted by atomic mass is 10.1. The molecule has 0 N–H and O–H groups in total. The van der Waals surface area contributed by atoms with Crippen molar-refractivity contribution in [2.75, 3.05) is 24.5 Å². The van der Waals surface area contributed by atoms with Gasteiger partial charge in [0.15, 0.2) is 0 Å². The van der Waals surface area contributed by atoms with Crippen LogP contribution in [0.15, 0.2) is 48.5 Å². The molecule has 1 amide bonds. The lowest BCUT2D eigenvalue weighted by Crippen LogP contribution is -2.40. The van der Waals surface area contributed by atoms with Crippen LogP contribution in [0.1, 0.15) is 26.8 Å². The Morgan fingerprint density at radius 3 is 2.76 bits per heavy atom. The Kier molecular flexibility index (Phi) is 5.22. The normalized spacial score (nSPS) is 16.7. The molecule has 2 heterocycles. The zero-order valence-corrected chi connectivity index (χ0v) is 16.6. The minimum absolute atomic E-state index is 0.0822. The highest BCUT2D eigenvalue weighted by atomic mass is 19.3. The first-order chi connectivity index (χ1) is 14.0. The molecule has 5 nitrogen and oxygen atoms in total. The minimum atomic E-state index is -2.68. The summed E-state index contributed by atoms with van der Waals surface area (Å²) in [5.74, 6) is 0.344. The van der Waals surface area contributed by atoms with Crippen molar-refractivity contribution in [2.24, 2.45) is 0 Å². The summed E-state index contributed by atoms with van der Waals surface area (Å²) in [4.78, 5) is 20.4. The molecule has 0 spiro atoms. The number of aromatic nitrogens is 2. The average Bonchev–Trinajstić information content (AvgIpc) is 3.33. The number of rotatable bonds is 5. The summed E-state index contributed by atoms with van der Waals surface area (Å²) in [7, 11) is 0. The third-order valence-corrected chi connectivity index (χ3v) is 5.61. The van der Waals surface area contributed by atoms with Crippen molar-refractivity contribution in [3.8, 4) is 11.4 Å². The van der Waals surface area contributed by atoms with Crippen molar-refractivity contribution in [2.45, 2.75) is 32.9 Å². The molecule has 4 rings (SSSR count). The maximum absolute atomic E-state index is 13.8. The maximum atomic E-state index is 13.8. The Balaban J connectivity index is 1.66. The van der Waals surface area contributed by atoms with Crippen LogP contribution < -0.4 is 4.90 Å². The fourth-order valence-electron chi connectivity index (χ4n) is 4.26. The summed E-state index contributed by atoms with van der Waals surface area (Å²) in [6.45, 7) is 3.16. The van der Waals surface area contributed by atoms with Crippen molar-refractivity contribution >= 4 is 22.6 Å². The molecule has 2 aromatic carbocycles. The van der Waals surface area contributed by atoms with E-state index in [4.69, 9.17) is 0 Å². The highest BCUT2D eigenvalue weighted by Gasteiger charge is 2.29. The molecule has 0 bridgehead atoms. The van der Waals surface area contributed by atoms with Crippen LogP contribution >= 0.6 is 0 Å². The van der Waals surface area contributed by atoms with Crippen molar-refractivity contribution in [3.63, 3.8) is 0 Å². The summed E-state index contributed by atoms with van der Waals surface area (Å²) in [6, 6.07) is 14.7. The smallest absolute Gasteiger partial charge is 0.320 e. The number of anilines is 1. The molecule has 0 aliphatic carbocycles. The van der Waals surface area contributed by atoms with E-state index in [0.29, 0.717) is 23.1 Å². The van der Waals surface area contributed by atoms with Gasteiger partial charge in [-0.25, -0.2) is 4.98 Å². The van der Waals surface area contributed by atoms with Gasteiger partial charge in [0.25, 0.3) is 0 Å². The van der Waals surface area contributed by atoms with Crippen molar-refractivity contribution in [1.82, 2.24) is 14.5 Å². The Morgan fingerprint density at radius 2 is 2.03 bits per heavy atom. The summed E-state index contributed by atoms with van der Waals surface area (Å²) < 4.78 is 28.6. The Morgan fingerprint density at radius 1 is 1.24 bits per heavy atom. The van der Waals surface area contributed by atoms with Gasteiger partial charge in [0.05, 0.1) is 17.1 Å². The molecular weight excluding hydrogens is 374 g/mol. The van der Waals surface area contributed by atoms with Crippen molar-refractivity contribution < 1.29 is 13.6 Å². The molecule has 1 unspecified atom stereocenters. The molecule has 152 valence electrons. The van der Waals surface area contributed by atoms with Gasteiger partial charge >= 0.3 is 6.55 Å². The van der Waals surface area contributed by atoms with Gasteiger partial charge in [-0.2, -0.15) is 8.78 Å². The molecule has 3 aromatic rings. The van der Waals surface area contributed by atoms with E-state index in [1.54, 1.807) is 31.2 Å². The van der Waals surface area contributed by atoms with Gasteiger partial charge < -0.3 is 9.80 Å². The minimum Gasteiger partial charge on any atom is -0.369 e. The van der Waals surface area contributed by atoms with Crippen LogP contribution in [0.2, 0.25) is 0 Å². The standard InChI is InChI=1S/C22H24F2N4O/c1-3-27(15(2)29)18-11-12-26(14-18)17-8-6-7-16(13-17)21-25-19-9-4-5-10-20(19)28(21)22(23)24/h4-10,13,18,22H,3,11-12,14H2,1-2H3. The maximum Gasteiger partial charge on any atom is 0.320 e. The first kappa shape index (κ1) is 19.4. The zero-order chi connectivity index (χ0) is 20.5. The summed E-state index contributed by atoms with van der Waals surface area (Å²) in [5, 5.41) is 0. The number of imidazole rings is 1.